The van der Waals surface area contributed by atoms with Crippen molar-refractivity contribution in [1.82, 2.24) is 0 Å². The van der Waals surface area contributed by atoms with Gasteiger partial charge in [-0.1, -0.05) is 48.6 Å². The number of carbonyl (C=O) groups is 2. The number of esters is 1. The van der Waals surface area contributed by atoms with Crippen molar-refractivity contribution in [3.05, 3.63) is 76.9 Å². The van der Waals surface area contributed by atoms with E-state index >= 15 is 0 Å². The summed E-state index contributed by atoms with van der Waals surface area (Å²) in [5.74, 6) is -0.0730. The molecular weight excluding hydrogens is 372 g/mol. The maximum atomic E-state index is 13.0. The lowest BCUT2D eigenvalue weighted by molar-refractivity contribution is -0.137. The van der Waals surface area contributed by atoms with Crippen LogP contribution in [0.1, 0.15) is 58.2 Å². The second kappa shape index (κ2) is 8.06. The highest BCUT2D eigenvalue weighted by molar-refractivity contribution is 6.03. The first-order valence-electron chi connectivity index (χ1n) is 10.4. The van der Waals surface area contributed by atoms with Gasteiger partial charge in [0.15, 0.2) is 5.78 Å². The summed E-state index contributed by atoms with van der Waals surface area (Å²) >= 11 is 0. The van der Waals surface area contributed by atoms with Crippen LogP contribution >= 0.6 is 0 Å². The first-order chi connectivity index (χ1) is 14.1. The summed E-state index contributed by atoms with van der Waals surface area (Å²) in [6, 6.07) is 14.5. The van der Waals surface area contributed by atoms with E-state index in [1.54, 1.807) is 6.92 Å². The Kier molecular flexibility index (Phi) is 5.85. The zero-order chi connectivity index (χ0) is 22.1. The van der Waals surface area contributed by atoms with Gasteiger partial charge in [-0.05, 0) is 81.0 Å². The Morgan fingerprint density at radius 3 is 2.37 bits per heavy atom. The summed E-state index contributed by atoms with van der Waals surface area (Å²) in [5, 5.41) is 0. The molecule has 0 bridgehead atoms. The Hall–Kier alpha value is -2.94. The minimum absolute atomic E-state index is 0.259. The molecule has 0 fully saturated rings. The van der Waals surface area contributed by atoms with Crippen LogP contribution in [-0.4, -0.2) is 18.4 Å². The molecule has 0 atom stereocenters. The molecule has 0 saturated carbocycles. The Bertz CT molecular complexity index is 1050. The predicted molar refractivity (Wildman–Crippen MR) is 122 cm³/mol. The van der Waals surface area contributed by atoms with Crippen molar-refractivity contribution in [3.8, 4) is 11.1 Å². The topological polar surface area (TPSA) is 43.4 Å². The van der Waals surface area contributed by atoms with Crippen molar-refractivity contribution in [1.29, 1.82) is 0 Å². The Balaban J connectivity index is 2.00. The largest absolute Gasteiger partial charge is 0.463 e. The molecule has 3 rings (SSSR count). The van der Waals surface area contributed by atoms with E-state index < -0.39 is 10.8 Å². The molecule has 0 heterocycles. The second-order valence-corrected chi connectivity index (χ2v) is 8.90. The van der Waals surface area contributed by atoms with E-state index in [1.165, 1.54) is 6.08 Å². The van der Waals surface area contributed by atoms with Crippen molar-refractivity contribution < 1.29 is 14.3 Å². The van der Waals surface area contributed by atoms with Crippen LogP contribution < -0.4 is 0 Å². The van der Waals surface area contributed by atoms with Crippen LogP contribution in [0.15, 0.2) is 60.2 Å². The van der Waals surface area contributed by atoms with E-state index in [0.717, 1.165) is 33.4 Å². The molecule has 156 valence electrons. The summed E-state index contributed by atoms with van der Waals surface area (Å²) in [6.07, 6.45) is 5.42. The van der Waals surface area contributed by atoms with Gasteiger partial charge in [-0.15, -0.1) is 0 Å². The summed E-state index contributed by atoms with van der Waals surface area (Å²) in [5.41, 5.74) is 5.30. The molecule has 3 nitrogen and oxygen atoms in total. The van der Waals surface area contributed by atoms with E-state index in [2.05, 4.69) is 30.3 Å². The van der Waals surface area contributed by atoms with Crippen molar-refractivity contribution in [2.24, 2.45) is 0 Å². The Morgan fingerprint density at radius 1 is 1.00 bits per heavy atom. The van der Waals surface area contributed by atoms with Gasteiger partial charge >= 0.3 is 5.97 Å². The van der Waals surface area contributed by atoms with Crippen molar-refractivity contribution in [2.45, 2.75) is 52.4 Å². The van der Waals surface area contributed by atoms with Crippen LogP contribution in [0, 0.1) is 0 Å². The molecule has 1 aliphatic carbocycles. The molecule has 2 aromatic carbocycles. The molecule has 0 amide bonds. The van der Waals surface area contributed by atoms with Crippen LogP contribution in [0.25, 0.3) is 17.2 Å². The number of ether oxygens (including phenoxy) is 1. The number of ketones is 1. The highest BCUT2D eigenvalue weighted by Crippen LogP contribution is 2.47. The molecule has 0 radical (unpaired) electrons. The van der Waals surface area contributed by atoms with Gasteiger partial charge in [-0.3, -0.25) is 4.79 Å². The fourth-order valence-electron chi connectivity index (χ4n) is 4.34. The molecule has 0 spiro atoms. The maximum Gasteiger partial charge on any atom is 0.330 e. The van der Waals surface area contributed by atoms with Gasteiger partial charge in [0.1, 0.15) is 0 Å². The normalized spacial score (nSPS) is 17.3. The first kappa shape index (κ1) is 21.8. The summed E-state index contributed by atoms with van der Waals surface area (Å²) in [7, 11) is 0. The van der Waals surface area contributed by atoms with Crippen molar-refractivity contribution in [3.63, 3.8) is 0 Å². The fraction of sp³-hybridized carbons (Fsp3) is 0.333. The molecular formula is C27H30O3. The standard InChI is InChI=1S/C27H30O3/c1-7-30-24(28)16-18(2)12-13-19-10-8-9-11-21(19)20-14-15-22-23(17-20)27(5,6)25(29)26(22,3)4/h8-17H,7H2,1-6H3/b13-12+,18-16+. The Labute approximate surface area is 179 Å². The molecule has 0 aliphatic heterocycles. The molecule has 0 saturated heterocycles. The summed E-state index contributed by atoms with van der Waals surface area (Å²) in [4.78, 5) is 24.6. The predicted octanol–water partition coefficient (Wildman–Crippen LogP) is 6.01. The van der Waals surface area contributed by atoms with Gasteiger partial charge < -0.3 is 4.74 Å². The quantitative estimate of drug-likeness (QED) is 0.349. The second-order valence-electron chi connectivity index (χ2n) is 8.90. The van der Waals surface area contributed by atoms with Crippen LogP contribution in [0.3, 0.4) is 0 Å². The first-order valence-corrected chi connectivity index (χ1v) is 10.4. The highest BCUT2D eigenvalue weighted by Gasteiger charge is 2.50. The van der Waals surface area contributed by atoms with Gasteiger partial charge in [-0.25, -0.2) is 4.79 Å². The zero-order valence-electron chi connectivity index (χ0n) is 18.7. The monoisotopic (exact) mass is 402 g/mol. The number of fused-ring (bicyclic) bond motifs is 1. The molecule has 1 aliphatic rings. The molecule has 30 heavy (non-hydrogen) atoms. The van der Waals surface area contributed by atoms with Crippen molar-refractivity contribution >= 4 is 17.8 Å². The number of benzene rings is 2. The van der Waals surface area contributed by atoms with E-state index in [9.17, 15) is 9.59 Å². The van der Waals surface area contributed by atoms with Gasteiger partial charge in [0.25, 0.3) is 0 Å². The minimum Gasteiger partial charge on any atom is -0.463 e. The number of rotatable bonds is 5. The Morgan fingerprint density at radius 2 is 1.67 bits per heavy atom. The zero-order valence-corrected chi connectivity index (χ0v) is 18.7. The van der Waals surface area contributed by atoms with E-state index in [4.69, 9.17) is 4.74 Å². The van der Waals surface area contributed by atoms with Gasteiger partial charge in [-0.2, -0.15) is 0 Å². The van der Waals surface area contributed by atoms with Crippen LogP contribution in [0.2, 0.25) is 0 Å². The summed E-state index contributed by atoms with van der Waals surface area (Å²) in [6.45, 7) is 12.1. The third-order valence-electron chi connectivity index (χ3n) is 5.93. The van der Waals surface area contributed by atoms with E-state index in [-0.39, 0.29) is 11.8 Å². The number of hydrogen-bond acceptors (Lipinski definition) is 3. The third kappa shape index (κ3) is 3.89. The van der Waals surface area contributed by atoms with E-state index in [1.807, 2.05) is 58.9 Å². The highest BCUT2D eigenvalue weighted by atomic mass is 16.5. The molecule has 2 aromatic rings. The lowest BCUT2D eigenvalue weighted by atomic mass is 9.80. The van der Waals surface area contributed by atoms with Crippen molar-refractivity contribution in [2.75, 3.05) is 6.61 Å². The lowest BCUT2D eigenvalue weighted by Crippen LogP contribution is -2.33. The number of Topliss-reactive ketones (excluding diaryl/α,β-unsaturated/α-hetero) is 1. The van der Waals surface area contributed by atoms with Crippen LogP contribution in [-0.2, 0) is 25.2 Å². The number of allylic oxidation sites excluding steroid dienone is 2. The third-order valence-corrected chi connectivity index (χ3v) is 5.93. The summed E-state index contributed by atoms with van der Waals surface area (Å²) < 4.78 is 4.97. The average molecular weight is 403 g/mol. The van der Waals surface area contributed by atoms with Crippen LogP contribution in [0.5, 0.6) is 0 Å². The minimum atomic E-state index is -0.501. The fourth-order valence-corrected chi connectivity index (χ4v) is 4.34. The molecule has 0 N–H and O–H groups in total. The average Bonchev–Trinajstić information content (AvgIpc) is 2.84. The SMILES string of the molecule is CCOC(=O)/C=C(C)/C=C/c1ccccc1-c1ccc2c(c1)C(C)(C)C(=O)C2(C)C. The molecule has 0 aromatic heterocycles. The molecule has 3 heteroatoms. The lowest BCUT2D eigenvalue weighted by Gasteiger charge is -2.21. The van der Waals surface area contributed by atoms with Crippen LogP contribution in [0.4, 0.5) is 0 Å². The van der Waals surface area contributed by atoms with Gasteiger partial charge in [0, 0.05) is 16.9 Å². The van der Waals surface area contributed by atoms with E-state index in [0.29, 0.717) is 6.61 Å². The molecule has 0 unspecified atom stereocenters. The number of hydrogen-bond donors (Lipinski definition) is 0. The smallest absolute Gasteiger partial charge is 0.330 e. The number of carbonyl (C=O) groups excluding carboxylic acids is 2. The van der Waals surface area contributed by atoms with Gasteiger partial charge in [0.2, 0.25) is 0 Å². The van der Waals surface area contributed by atoms with Gasteiger partial charge in [0.05, 0.1) is 6.61 Å². The maximum absolute atomic E-state index is 13.0.